The number of hydrogen-bond donors (Lipinski definition) is 2. The van der Waals surface area contributed by atoms with Crippen molar-refractivity contribution < 1.29 is 23.9 Å². The average Bonchev–Trinajstić information content (AvgIpc) is 2.88. The van der Waals surface area contributed by atoms with E-state index in [9.17, 15) is 14.4 Å². The number of esters is 1. The maximum Gasteiger partial charge on any atom is 0.316 e. The average molecular weight is 496 g/mol. The number of amides is 2. The molecule has 1 heterocycles. The minimum Gasteiger partial charge on any atom is -0.465 e. The van der Waals surface area contributed by atoms with E-state index < -0.39 is 22.9 Å². The second kappa shape index (κ2) is 12.1. The molecule has 1 atom stereocenters. The molecule has 0 aromatic heterocycles. The van der Waals surface area contributed by atoms with E-state index in [-0.39, 0.29) is 25.1 Å². The van der Waals surface area contributed by atoms with Crippen LogP contribution in [0.4, 0.5) is 0 Å². The summed E-state index contributed by atoms with van der Waals surface area (Å²) in [6.07, 6.45) is 0.852. The summed E-state index contributed by atoms with van der Waals surface area (Å²) in [5.74, 6) is -0.971. The summed E-state index contributed by atoms with van der Waals surface area (Å²) < 4.78 is 11.2. The zero-order chi connectivity index (χ0) is 26.2. The molecule has 0 bridgehead atoms. The molecular weight excluding hydrogens is 458 g/mol. The van der Waals surface area contributed by atoms with Crippen molar-refractivity contribution in [1.82, 2.24) is 10.2 Å². The second-order valence-electron chi connectivity index (χ2n) is 9.74. The Morgan fingerprint density at radius 1 is 1.03 bits per heavy atom. The molecule has 8 heteroatoms. The highest BCUT2D eigenvalue weighted by Gasteiger charge is 2.45. The van der Waals surface area contributed by atoms with Crippen LogP contribution in [0.3, 0.4) is 0 Å². The lowest BCUT2D eigenvalue weighted by molar-refractivity contribution is -0.154. The number of nitrogens with two attached hydrogens (primary N) is 1. The van der Waals surface area contributed by atoms with Gasteiger partial charge in [-0.05, 0) is 44.7 Å². The maximum absolute atomic E-state index is 13.5. The van der Waals surface area contributed by atoms with E-state index in [1.54, 1.807) is 25.7 Å². The standard InChI is InChI=1S/C28H37N3O5/c1-4-36-26(34)28(22-13-9-6-10-14-22)15-17-31(18-16-28)24(32)23(30-25(33)27(2,3)29)20-35-19-21-11-7-5-8-12-21/h5-14,23H,4,15-20,29H2,1-3H3,(H,30,33). The second-order valence-corrected chi connectivity index (χ2v) is 9.74. The van der Waals surface area contributed by atoms with Crippen molar-refractivity contribution in [1.29, 1.82) is 0 Å². The summed E-state index contributed by atoms with van der Waals surface area (Å²) in [7, 11) is 0. The van der Waals surface area contributed by atoms with Crippen LogP contribution < -0.4 is 11.1 Å². The third-order valence-electron chi connectivity index (χ3n) is 6.51. The van der Waals surface area contributed by atoms with Crippen molar-refractivity contribution >= 4 is 17.8 Å². The minimum atomic E-state index is -1.15. The van der Waals surface area contributed by atoms with Gasteiger partial charge in [-0.3, -0.25) is 14.4 Å². The third kappa shape index (κ3) is 6.71. The Labute approximate surface area is 213 Å². The van der Waals surface area contributed by atoms with E-state index in [0.29, 0.717) is 32.5 Å². The summed E-state index contributed by atoms with van der Waals surface area (Å²) >= 11 is 0. The lowest BCUT2D eigenvalue weighted by Gasteiger charge is -2.41. The topological polar surface area (TPSA) is 111 Å². The summed E-state index contributed by atoms with van der Waals surface area (Å²) in [4.78, 5) is 40.9. The van der Waals surface area contributed by atoms with E-state index in [1.165, 1.54) is 0 Å². The van der Waals surface area contributed by atoms with Gasteiger partial charge in [-0.1, -0.05) is 60.7 Å². The number of nitrogens with zero attached hydrogens (tertiary/aromatic N) is 1. The van der Waals surface area contributed by atoms with Gasteiger partial charge in [0, 0.05) is 13.1 Å². The van der Waals surface area contributed by atoms with Crippen molar-refractivity contribution in [2.24, 2.45) is 5.73 Å². The molecule has 1 fully saturated rings. The van der Waals surface area contributed by atoms with Gasteiger partial charge in [-0.2, -0.15) is 0 Å². The molecule has 2 aromatic rings. The fourth-order valence-corrected chi connectivity index (χ4v) is 4.35. The van der Waals surface area contributed by atoms with Crippen molar-refractivity contribution in [3.63, 3.8) is 0 Å². The lowest BCUT2D eigenvalue weighted by atomic mass is 9.72. The largest absolute Gasteiger partial charge is 0.465 e. The number of benzene rings is 2. The minimum absolute atomic E-state index is 0.00769. The Hall–Kier alpha value is -3.23. The molecule has 0 radical (unpaired) electrons. The SMILES string of the molecule is CCOC(=O)C1(c2ccccc2)CCN(C(=O)C(COCc2ccccc2)NC(=O)C(C)(C)N)CC1. The Morgan fingerprint density at radius 2 is 1.61 bits per heavy atom. The van der Waals surface area contributed by atoms with Crippen LogP contribution in [0.25, 0.3) is 0 Å². The van der Waals surface area contributed by atoms with Crippen LogP contribution in [0.15, 0.2) is 60.7 Å². The highest BCUT2D eigenvalue weighted by atomic mass is 16.5. The van der Waals surface area contributed by atoms with Gasteiger partial charge in [-0.25, -0.2) is 0 Å². The molecule has 8 nitrogen and oxygen atoms in total. The van der Waals surface area contributed by atoms with Crippen LogP contribution in [0.2, 0.25) is 0 Å². The quantitative estimate of drug-likeness (QED) is 0.490. The van der Waals surface area contributed by atoms with Gasteiger partial charge < -0.3 is 25.4 Å². The molecule has 2 amide bonds. The molecule has 0 aliphatic carbocycles. The number of carbonyl (C=O) groups excluding carboxylic acids is 3. The van der Waals surface area contributed by atoms with E-state index in [0.717, 1.165) is 11.1 Å². The normalized spacial score (nSPS) is 16.2. The molecular formula is C28H37N3O5. The summed E-state index contributed by atoms with van der Waals surface area (Å²) in [5, 5.41) is 2.76. The van der Waals surface area contributed by atoms with Crippen molar-refractivity contribution in [2.45, 2.75) is 57.2 Å². The van der Waals surface area contributed by atoms with Gasteiger partial charge >= 0.3 is 5.97 Å². The van der Waals surface area contributed by atoms with E-state index >= 15 is 0 Å². The van der Waals surface area contributed by atoms with Crippen LogP contribution in [0.1, 0.15) is 44.7 Å². The van der Waals surface area contributed by atoms with E-state index in [2.05, 4.69) is 5.32 Å². The number of ether oxygens (including phenoxy) is 2. The Balaban J connectivity index is 1.72. The number of likely N-dealkylation sites (tertiary alicyclic amines) is 1. The molecule has 1 unspecified atom stereocenters. The first-order valence-corrected chi connectivity index (χ1v) is 12.4. The maximum atomic E-state index is 13.5. The van der Waals surface area contributed by atoms with Crippen LogP contribution in [-0.4, -0.2) is 60.6 Å². The molecule has 1 saturated heterocycles. The first kappa shape index (κ1) is 27.4. The van der Waals surface area contributed by atoms with E-state index in [1.807, 2.05) is 60.7 Å². The molecule has 36 heavy (non-hydrogen) atoms. The van der Waals surface area contributed by atoms with Gasteiger partial charge in [-0.15, -0.1) is 0 Å². The van der Waals surface area contributed by atoms with Gasteiger partial charge in [0.1, 0.15) is 6.04 Å². The van der Waals surface area contributed by atoms with Gasteiger partial charge in [0.2, 0.25) is 11.8 Å². The highest BCUT2D eigenvalue weighted by molar-refractivity contribution is 5.92. The molecule has 0 saturated carbocycles. The van der Waals surface area contributed by atoms with Crippen molar-refractivity contribution in [3.8, 4) is 0 Å². The summed E-state index contributed by atoms with van der Waals surface area (Å²) in [6.45, 7) is 6.27. The molecule has 3 N–H and O–H groups in total. The highest BCUT2D eigenvalue weighted by Crippen LogP contribution is 2.37. The van der Waals surface area contributed by atoms with Gasteiger partial charge in [0.05, 0.1) is 30.8 Å². The Morgan fingerprint density at radius 3 is 2.17 bits per heavy atom. The van der Waals surface area contributed by atoms with Crippen LogP contribution in [-0.2, 0) is 35.9 Å². The van der Waals surface area contributed by atoms with Crippen LogP contribution in [0.5, 0.6) is 0 Å². The molecule has 194 valence electrons. The first-order valence-electron chi connectivity index (χ1n) is 12.4. The van der Waals surface area contributed by atoms with E-state index in [4.69, 9.17) is 15.2 Å². The predicted octanol–water partition coefficient (Wildman–Crippen LogP) is 2.55. The van der Waals surface area contributed by atoms with Crippen LogP contribution >= 0.6 is 0 Å². The van der Waals surface area contributed by atoms with Crippen LogP contribution in [0, 0.1) is 0 Å². The number of rotatable bonds is 10. The summed E-state index contributed by atoms with van der Waals surface area (Å²) in [6, 6.07) is 18.3. The lowest BCUT2D eigenvalue weighted by Crippen LogP contribution is -2.59. The molecule has 0 spiro atoms. The molecule has 2 aromatic carbocycles. The zero-order valence-electron chi connectivity index (χ0n) is 21.4. The van der Waals surface area contributed by atoms with Gasteiger partial charge in [0.15, 0.2) is 0 Å². The third-order valence-corrected chi connectivity index (χ3v) is 6.51. The number of piperidine rings is 1. The number of carbonyl (C=O) groups is 3. The number of nitrogens with one attached hydrogen (secondary N) is 1. The zero-order valence-corrected chi connectivity index (χ0v) is 21.4. The Kier molecular flexibility index (Phi) is 9.23. The number of hydrogen-bond acceptors (Lipinski definition) is 6. The smallest absolute Gasteiger partial charge is 0.316 e. The fraction of sp³-hybridized carbons (Fsp3) is 0.464. The monoisotopic (exact) mass is 495 g/mol. The summed E-state index contributed by atoms with van der Waals surface area (Å²) in [5.41, 5.74) is 5.85. The van der Waals surface area contributed by atoms with Gasteiger partial charge in [0.25, 0.3) is 0 Å². The Bertz CT molecular complexity index is 1010. The molecule has 3 rings (SSSR count). The first-order chi connectivity index (χ1) is 17.2. The molecule has 1 aliphatic rings. The predicted molar refractivity (Wildman–Crippen MR) is 137 cm³/mol. The molecule has 1 aliphatic heterocycles. The fourth-order valence-electron chi connectivity index (χ4n) is 4.35. The van der Waals surface area contributed by atoms with Crippen molar-refractivity contribution in [3.05, 3.63) is 71.8 Å². The van der Waals surface area contributed by atoms with Crippen molar-refractivity contribution in [2.75, 3.05) is 26.3 Å².